The highest BCUT2D eigenvalue weighted by Crippen LogP contribution is 2.19. The topological polar surface area (TPSA) is 64.7 Å². The number of anilines is 2. The van der Waals surface area contributed by atoms with Crippen molar-refractivity contribution in [3.63, 3.8) is 0 Å². The van der Waals surface area contributed by atoms with Gasteiger partial charge in [-0.15, -0.1) is 0 Å². The summed E-state index contributed by atoms with van der Waals surface area (Å²) >= 11 is 0. The van der Waals surface area contributed by atoms with E-state index in [-0.39, 0.29) is 24.2 Å². The second kappa shape index (κ2) is 9.62. The average Bonchev–Trinajstić information content (AvgIpc) is 2.68. The monoisotopic (exact) mass is 398 g/mol. The van der Waals surface area contributed by atoms with E-state index in [1.165, 1.54) is 12.1 Å². The molecule has 1 heterocycles. The zero-order valence-electron chi connectivity index (χ0n) is 16.9. The third-order valence-corrected chi connectivity index (χ3v) is 5.07. The summed E-state index contributed by atoms with van der Waals surface area (Å²) in [6, 6.07) is 11.7. The van der Waals surface area contributed by atoms with Gasteiger partial charge in [0, 0.05) is 37.6 Å². The van der Waals surface area contributed by atoms with Crippen LogP contribution in [0.4, 0.5) is 15.8 Å². The molecule has 7 heteroatoms. The van der Waals surface area contributed by atoms with Gasteiger partial charge in [-0.3, -0.25) is 19.4 Å². The molecule has 1 aliphatic heterocycles. The van der Waals surface area contributed by atoms with Gasteiger partial charge in [-0.1, -0.05) is 18.2 Å². The highest BCUT2D eigenvalue weighted by Gasteiger charge is 2.21. The number of halogens is 1. The Bertz CT molecular complexity index is 841. The van der Waals surface area contributed by atoms with Gasteiger partial charge in [0.15, 0.2) is 0 Å². The van der Waals surface area contributed by atoms with Crippen LogP contribution in [0.5, 0.6) is 0 Å². The number of amides is 2. The first-order valence-electron chi connectivity index (χ1n) is 9.77. The molecule has 2 aromatic rings. The molecule has 0 atom stereocenters. The van der Waals surface area contributed by atoms with E-state index in [9.17, 15) is 14.0 Å². The van der Waals surface area contributed by atoms with Crippen LogP contribution in [0.1, 0.15) is 11.1 Å². The fourth-order valence-electron chi connectivity index (χ4n) is 3.44. The van der Waals surface area contributed by atoms with E-state index in [0.29, 0.717) is 25.3 Å². The number of aryl methyl sites for hydroxylation is 2. The van der Waals surface area contributed by atoms with Gasteiger partial charge in [0.2, 0.25) is 11.8 Å². The number of benzene rings is 2. The number of rotatable bonds is 6. The summed E-state index contributed by atoms with van der Waals surface area (Å²) in [5, 5.41) is 5.79. The van der Waals surface area contributed by atoms with E-state index in [1.54, 1.807) is 12.1 Å². The van der Waals surface area contributed by atoms with Crippen molar-refractivity contribution < 1.29 is 14.0 Å². The molecule has 0 spiro atoms. The summed E-state index contributed by atoms with van der Waals surface area (Å²) in [7, 11) is 0. The van der Waals surface area contributed by atoms with Crippen LogP contribution < -0.4 is 10.6 Å². The van der Waals surface area contributed by atoms with E-state index in [2.05, 4.69) is 20.4 Å². The smallest absolute Gasteiger partial charge is 0.238 e. The van der Waals surface area contributed by atoms with Crippen molar-refractivity contribution in [3.05, 3.63) is 59.4 Å². The quantitative estimate of drug-likeness (QED) is 0.785. The fraction of sp³-hybridized carbons (Fsp3) is 0.364. The van der Waals surface area contributed by atoms with Crippen molar-refractivity contribution in [3.8, 4) is 0 Å². The molecule has 2 N–H and O–H groups in total. The molecule has 2 amide bonds. The molecule has 0 aliphatic carbocycles. The first-order valence-corrected chi connectivity index (χ1v) is 9.77. The lowest BCUT2D eigenvalue weighted by atomic mass is 10.1. The number of nitrogens with one attached hydrogen (secondary N) is 2. The predicted molar refractivity (Wildman–Crippen MR) is 112 cm³/mol. The summed E-state index contributed by atoms with van der Waals surface area (Å²) in [4.78, 5) is 28.7. The number of carbonyl (C=O) groups excluding carboxylic acids is 2. The van der Waals surface area contributed by atoms with Crippen LogP contribution >= 0.6 is 0 Å². The van der Waals surface area contributed by atoms with Crippen LogP contribution in [0, 0.1) is 19.7 Å². The Kier molecular flexibility index (Phi) is 6.95. The number of piperazine rings is 1. The molecule has 2 aromatic carbocycles. The highest BCUT2D eigenvalue weighted by molar-refractivity contribution is 5.94. The van der Waals surface area contributed by atoms with Crippen LogP contribution in [-0.4, -0.2) is 60.9 Å². The van der Waals surface area contributed by atoms with E-state index in [0.717, 1.165) is 29.9 Å². The van der Waals surface area contributed by atoms with E-state index < -0.39 is 0 Å². The maximum atomic E-state index is 12.9. The number of carbonyl (C=O) groups is 2. The molecular formula is C22H27FN4O2. The molecule has 3 rings (SSSR count). The second-order valence-electron chi connectivity index (χ2n) is 7.42. The van der Waals surface area contributed by atoms with Crippen LogP contribution in [0.15, 0.2) is 42.5 Å². The number of hydrogen-bond donors (Lipinski definition) is 2. The predicted octanol–water partition coefficient (Wildman–Crippen LogP) is 2.64. The third kappa shape index (κ3) is 6.10. The van der Waals surface area contributed by atoms with E-state index in [1.807, 2.05) is 32.0 Å². The summed E-state index contributed by atoms with van der Waals surface area (Å²) in [6.07, 6.45) is 0. The fourth-order valence-corrected chi connectivity index (χ4v) is 3.44. The molecule has 0 radical (unpaired) electrons. The summed E-state index contributed by atoms with van der Waals surface area (Å²) in [6.45, 7) is 7.47. The molecule has 154 valence electrons. The first kappa shape index (κ1) is 21.0. The second-order valence-corrected chi connectivity index (χ2v) is 7.42. The minimum Gasteiger partial charge on any atom is -0.325 e. The molecule has 0 saturated carbocycles. The van der Waals surface area contributed by atoms with Gasteiger partial charge in [-0.2, -0.15) is 0 Å². The van der Waals surface area contributed by atoms with Gasteiger partial charge in [-0.05, 0) is 49.2 Å². The van der Waals surface area contributed by atoms with Crippen LogP contribution in [-0.2, 0) is 9.59 Å². The van der Waals surface area contributed by atoms with Crippen molar-refractivity contribution in [2.45, 2.75) is 13.8 Å². The molecule has 0 bridgehead atoms. The number of nitrogens with zero attached hydrogens (tertiary/aromatic N) is 2. The molecule has 1 saturated heterocycles. The van der Waals surface area contributed by atoms with Crippen molar-refractivity contribution in [1.82, 2.24) is 9.80 Å². The Morgan fingerprint density at radius 1 is 0.828 bits per heavy atom. The minimum absolute atomic E-state index is 0.0232. The SMILES string of the molecule is Cc1cccc(C)c1NC(=O)CN1CCN(CC(=O)Nc2ccc(F)cc2)CC1. The lowest BCUT2D eigenvalue weighted by Crippen LogP contribution is -2.50. The average molecular weight is 398 g/mol. The van der Waals surface area contributed by atoms with Crippen molar-refractivity contribution in [2.75, 3.05) is 49.9 Å². The zero-order valence-corrected chi connectivity index (χ0v) is 16.9. The van der Waals surface area contributed by atoms with Crippen molar-refractivity contribution >= 4 is 23.2 Å². The maximum absolute atomic E-state index is 12.9. The van der Waals surface area contributed by atoms with Gasteiger partial charge in [-0.25, -0.2) is 4.39 Å². The standard InChI is InChI=1S/C22H27FN4O2/c1-16-4-3-5-17(2)22(16)25-21(29)15-27-12-10-26(11-13-27)14-20(28)24-19-8-6-18(23)7-9-19/h3-9H,10-15H2,1-2H3,(H,24,28)(H,25,29). The first-order chi connectivity index (χ1) is 13.9. The summed E-state index contributed by atoms with van der Waals surface area (Å²) in [5.41, 5.74) is 3.57. The van der Waals surface area contributed by atoms with Gasteiger partial charge in [0.25, 0.3) is 0 Å². The molecular weight excluding hydrogens is 371 g/mol. The molecule has 0 unspecified atom stereocenters. The summed E-state index contributed by atoms with van der Waals surface area (Å²) in [5.74, 6) is -0.483. The lowest BCUT2D eigenvalue weighted by Gasteiger charge is -2.33. The Morgan fingerprint density at radius 2 is 1.31 bits per heavy atom. The Hall–Kier alpha value is -2.77. The van der Waals surface area contributed by atoms with Crippen LogP contribution in [0.2, 0.25) is 0 Å². The van der Waals surface area contributed by atoms with Gasteiger partial charge in [0.1, 0.15) is 5.82 Å². The third-order valence-electron chi connectivity index (χ3n) is 5.07. The summed E-state index contributed by atoms with van der Waals surface area (Å²) < 4.78 is 12.9. The zero-order chi connectivity index (χ0) is 20.8. The van der Waals surface area contributed by atoms with Gasteiger partial charge < -0.3 is 10.6 Å². The molecule has 0 aromatic heterocycles. The van der Waals surface area contributed by atoms with Crippen molar-refractivity contribution in [2.24, 2.45) is 0 Å². The van der Waals surface area contributed by atoms with Gasteiger partial charge in [0.05, 0.1) is 13.1 Å². The number of para-hydroxylation sites is 1. The normalized spacial score (nSPS) is 15.1. The maximum Gasteiger partial charge on any atom is 0.238 e. The Morgan fingerprint density at radius 3 is 1.83 bits per heavy atom. The van der Waals surface area contributed by atoms with Crippen LogP contribution in [0.3, 0.4) is 0 Å². The van der Waals surface area contributed by atoms with E-state index in [4.69, 9.17) is 0 Å². The van der Waals surface area contributed by atoms with E-state index >= 15 is 0 Å². The molecule has 29 heavy (non-hydrogen) atoms. The minimum atomic E-state index is -0.333. The van der Waals surface area contributed by atoms with Gasteiger partial charge >= 0.3 is 0 Å². The lowest BCUT2D eigenvalue weighted by molar-refractivity contribution is -0.120. The van der Waals surface area contributed by atoms with Crippen molar-refractivity contribution in [1.29, 1.82) is 0 Å². The van der Waals surface area contributed by atoms with Crippen LogP contribution in [0.25, 0.3) is 0 Å². The highest BCUT2D eigenvalue weighted by atomic mass is 19.1. The molecule has 1 fully saturated rings. The molecule has 1 aliphatic rings. The number of hydrogen-bond acceptors (Lipinski definition) is 4. The Labute approximate surface area is 170 Å². The Balaban J connectivity index is 1.41. The largest absolute Gasteiger partial charge is 0.325 e. The molecule has 6 nitrogen and oxygen atoms in total.